The number of para-hydroxylation sites is 1. The molecule has 0 unspecified atom stereocenters. The second-order valence-corrected chi connectivity index (χ2v) is 5.29. The first-order valence-corrected chi connectivity index (χ1v) is 7.08. The Balaban J connectivity index is 1.86. The van der Waals surface area contributed by atoms with Crippen LogP contribution in [-0.2, 0) is 6.42 Å². The van der Waals surface area contributed by atoms with E-state index in [9.17, 15) is 9.18 Å². The maximum absolute atomic E-state index is 13.6. The zero-order valence-electron chi connectivity index (χ0n) is 11.9. The molecule has 1 heterocycles. The summed E-state index contributed by atoms with van der Waals surface area (Å²) in [6.45, 7) is 2.58. The van der Waals surface area contributed by atoms with Gasteiger partial charge in [-0.1, -0.05) is 18.2 Å². The first-order valence-electron chi connectivity index (χ1n) is 7.08. The van der Waals surface area contributed by atoms with Crippen LogP contribution in [0.4, 0.5) is 15.8 Å². The van der Waals surface area contributed by atoms with Gasteiger partial charge in [0.1, 0.15) is 5.82 Å². The number of carbonyl (C=O) groups excluding carboxylic acids is 1. The number of rotatable bonds is 2. The van der Waals surface area contributed by atoms with E-state index in [1.165, 1.54) is 11.6 Å². The number of hydrogen-bond acceptors (Lipinski definition) is 2. The van der Waals surface area contributed by atoms with Gasteiger partial charge in [0.25, 0.3) is 5.91 Å². The highest BCUT2D eigenvalue weighted by Crippen LogP contribution is 2.30. The van der Waals surface area contributed by atoms with Gasteiger partial charge in [-0.05, 0) is 49.1 Å². The Morgan fingerprint density at radius 2 is 2.14 bits per heavy atom. The number of nitrogens with one attached hydrogen (secondary N) is 2. The van der Waals surface area contributed by atoms with Crippen LogP contribution in [-0.4, -0.2) is 12.5 Å². The zero-order valence-corrected chi connectivity index (χ0v) is 11.9. The van der Waals surface area contributed by atoms with Crippen LogP contribution in [0.1, 0.15) is 27.9 Å². The standard InChI is InChI=1S/C17H17FN2O/c1-11-7-8-13(10-14(11)18)17(21)20-15-6-2-4-12-5-3-9-19-16(12)15/h2,4,6-8,10,19H,3,5,9H2,1H3,(H,20,21). The second-order valence-electron chi connectivity index (χ2n) is 5.29. The van der Waals surface area contributed by atoms with Gasteiger partial charge in [-0.15, -0.1) is 0 Å². The average Bonchev–Trinajstić information content (AvgIpc) is 2.50. The summed E-state index contributed by atoms with van der Waals surface area (Å²) >= 11 is 0. The number of anilines is 2. The molecule has 0 aromatic heterocycles. The van der Waals surface area contributed by atoms with E-state index in [-0.39, 0.29) is 11.7 Å². The molecular weight excluding hydrogens is 267 g/mol. The van der Waals surface area contributed by atoms with Crippen LogP contribution in [0.5, 0.6) is 0 Å². The molecule has 0 saturated carbocycles. The fourth-order valence-corrected chi connectivity index (χ4v) is 2.54. The van der Waals surface area contributed by atoms with E-state index in [2.05, 4.69) is 16.7 Å². The number of amides is 1. The fraction of sp³-hybridized carbons (Fsp3) is 0.235. The Morgan fingerprint density at radius 1 is 1.29 bits per heavy atom. The molecule has 108 valence electrons. The van der Waals surface area contributed by atoms with Crippen molar-refractivity contribution in [1.29, 1.82) is 0 Å². The molecule has 0 radical (unpaired) electrons. The summed E-state index contributed by atoms with van der Waals surface area (Å²) in [6.07, 6.45) is 2.10. The lowest BCUT2D eigenvalue weighted by Gasteiger charge is -2.21. The van der Waals surface area contributed by atoms with Gasteiger partial charge in [-0.25, -0.2) is 4.39 Å². The van der Waals surface area contributed by atoms with Crippen LogP contribution in [0.15, 0.2) is 36.4 Å². The molecule has 0 bridgehead atoms. The van der Waals surface area contributed by atoms with Crippen LogP contribution in [0, 0.1) is 12.7 Å². The molecule has 0 spiro atoms. The lowest BCUT2D eigenvalue weighted by Crippen LogP contribution is -2.17. The van der Waals surface area contributed by atoms with Crippen molar-refractivity contribution in [2.45, 2.75) is 19.8 Å². The molecule has 0 fully saturated rings. The lowest BCUT2D eigenvalue weighted by atomic mass is 10.0. The van der Waals surface area contributed by atoms with Crippen LogP contribution in [0.2, 0.25) is 0 Å². The van der Waals surface area contributed by atoms with Crippen molar-refractivity contribution >= 4 is 17.3 Å². The first kappa shape index (κ1) is 13.6. The maximum Gasteiger partial charge on any atom is 0.255 e. The summed E-state index contributed by atoms with van der Waals surface area (Å²) in [4.78, 5) is 12.3. The van der Waals surface area contributed by atoms with E-state index in [4.69, 9.17) is 0 Å². The minimum absolute atomic E-state index is 0.297. The van der Waals surface area contributed by atoms with Gasteiger partial charge in [0, 0.05) is 12.1 Å². The molecule has 0 aliphatic carbocycles. The van der Waals surface area contributed by atoms with Gasteiger partial charge in [0.15, 0.2) is 0 Å². The topological polar surface area (TPSA) is 41.1 Å². The van der Waals surface area contributed by atoms with Crippen molar-refractivity contribution in [3.8, 4) is 0 Å². The van der Waals surface area contributed by atoms with Crippen molar-refractivity contribution in [3.63, 3.8) is 0 Å². The number of hydrogen-bond donors (Lipinski definition) is 2. The summed E-state index contributed by atoms with van der Waals surface area (Å²) in [5.41, 5.74) is 3.79. The van der Waals surface area contributed by atoms with Crippen molar-refractivity contribution in [1.82, 2.24) is 0 Å². The second kappa shape index (κ2) is 5.56. The lowest BCUT2D eigenvalue weighted by molar-refractivity contribution is 0.102. The highest BCUT2D eigenvalue weighted by Gasteiger charge is 2.15. The number of benzene rings is 2. The molecule has 3 rings (SSSR count). The minimum atomic E-state index is -0.365. The molecule has 21 heavy (non-hydrogen) atoms. The number of aryl methyl sites for hydroxylation is 2. The number of fused-ring (bicyclic) bond motifs is 1. The van der Waals surface area contributed by atoms with E-state index in [1.54, 1.807) is 19.1 Å². The Labute approximate surface area is 123 Å². The van der Waals surface area contributed by atoms with Crippen LogP contribution in [0.25, 0.3) is 0 Å². The van der Waals surface area contributed by atoms with Gasteiger partial charge < -0.3 is 10.6 Å². The van der Waals surface area contributed by atoms with Gasteiger partial charge in [-0.2, -0.15) is 0 Å². The molecule has 0 saturated heterocycles. The largest absolute Gasteiger partial charge is 0.383 e. The smallest absolute Gasteiger partial charge is 0.255 e. The van der Waals surface area contributed by atoms with Crippen LogP contribution < -0.4 is 10.6 Å². The van der Waals surface area contributed by atoms with Crippen LogP contribution in [0.3, 0.4) is 0 Å². The SMILES string of the molecule is Cc1ccc(C(=O)Nc2cccc3c2NCCC3)cc1F. The molecule has 2 aromatic rings. The van der Waals surface area contributed by atoms with Gasteiger partial charge >= 0.3 is 0 Å². The fourth-order valence-electron chi connectivity index (χ4n) is 2.54. The molecule has 0 atom stereocenters. The monoisotopic (exact) mass is 284 g/mol. The zero-order chi connectivity index (χ0) is 14.8. The molecular formula is C17H17FN2O. The van der Waals surface area contributed by atoms with Crippen molar-refractivity contribution in [3.05, 3.63) is 58.9 Å². The summed E-state index contributed by atoms with van der Waals surface area (Å²) < 4.78 is 13.6. The third-order valence-corrected chi connectivity index (χ3v) is 3.76. The van der Waals surface area contributed by atoms with E-state index in [0.29, 0.717) is 11.1 Å². The molecule has 1 aliphatic heterocycles. The molecule has 3 nitrogen and oxygen atoms in total. The van der Waals surface area contributed by atoms with E-state index >= 15 is 0 Å². The summed E-state index contributed by atoms with van der Waals surface area (Å²) in [6, 6.07) is 10.4. The average molecular weight is 284 g/mol. The molecule has 2 N–H and O–H groups in total. The number of carbonyl (C=O) groups is 1. The normalized spacial score (nSPS) is 13.2. The van der Waals surface area contributed by atoms with Crippen molar-refractivity contribution in [2.24, 2.45) is 0 Å². The molecule has 2 aromatic carbocycles. The third kappa shape index (κ3) is 2.75. The van der Waals surface area contributed by atoms with Crippen molar-refractivity contribution in [2.75, 3.05) is 17.2 Å². The summed E-state index contributed by atoms with van der Waals surface area (Å²) in [5, 5.41) is 6.18. The first-order chi connectivity index (χ1) is 10.1. The highest BCUT2D eigenvalue weighted by atomic mass is 19.1. The predicted molar refractivity (Wildman–Crippen MR) is 82.3 cm³/mol. The van der Waals surface area contributed by atoms with Crippen LogP contribution >= 0.6 is 0 Å². The highest BCUT2D eigenvalue weighted by molar-refractivity contribution is 6.06. The Bertz CT molecular complexity index is 697. The summed E-state index contributed by atoms with van der Waals surface area (Å²) in [5.74, 6) is -0.662. The molecule has 4 heteroatoms. The van der Waals surface area contributed by atoms with Gasteiger partial charge in [0.05, 0.1) is 11.4 Å². The van der Waals surface area contributed by atoms with E-state index in [1.807, 2.05) is 12.1 Å². The quantitative estimate of drug-likeness (QED) is 0.882. The Kier molecular flexibility index (Phi) is 3.60. The molecule has 1 amide bonds. The summed E-state index contributed by atoms with van der Waals surface area (Å²) in [7, 11) is 0. The molecule has 1 aliphatic rings. The minimum Gasteiger partial charge on any atom is -0.383 e. The number of halogens is 1. The van der Waals surface area contributed by atoms with E-state index < -0.39 is 0 Å². The third-order valence-electron chi connectivity index (χ3n) is 3.76. The Morgan fingerprint density at radius 3 is 2.95 bits per heavy atom. The predicted octanol–water partition coefficient (Wildman–Crippen LogP) is 3.74. The Hall–Kier alpha value is -2.36. The van der Waals surface area contributed by atoms with Crippen molar-refractivity contribution < 1.29 is 9.18 Å². The maximum atomic E-state index is 13.6. The van der Waals surface area contributed by atoms with E-state index in [0.717, 1.165) is 30.8 Å². The van der Waals surface area contributed by atoms with Gasteiger partial charge in [-0.3, -0.25) is 4.79 Å². The van der Waals surface area contributed by atoms with Gasteiger partial charge in [0.2, 0.25) is 0 Å².